The molecule has 0 bridgehead atoms. The number of hydrogen-bond donors (Lipinski definition) is 2. The maximum Gasteiger partial charge on any atom is 0.421 e. The largest absolute Gasteiger partial charge is 0.421 e. The van der Waals surface area contributed by atoms with Crippen molar-refractivity contribution in [3.05, 3.63) is 40.0 Å². The van der Waals surface area contributed by atoms with E-state index in [2.05, 4.69) is 15.3 Å². The highest BCUT2D eigenvalue weighted by Crippen LogP contribution is 2.40. The van der Waals surface area contributed by atoms with Crippen molar-refractivity contribution >= 4 is 40.7 Å². The van der Waals surface area contributed by atoms with E-state index < -0.39 is 17.5 Å². The number of alkyl halides is 3. The Bertz CT molecular complexity index is 857. The third-order valence-electron chi connectivity index (χ3n) is 4.85. The van der Waals surface area contributed by atoms with Crippen molar-refractivity contribution in [3.63, 3.8) is 0 Å². The Morgan fingerprint density at radius 2 is 1.82 bits per heavy atom. The summed E-state index contributed by atoms with van der Waals surface area (Å²) >= 11 is 11.8. The lowest BCUT2D eigenvalue weighted by atomic mass is 9.90. The second kappa shape index (κ2) is 7.93. The Morgan fingerprint density at radius 1 is 1.14 bits per heavy atom. The van der Waals surface area contributed by atoms with Crippen LogP contribution in [0.25, 0.3) is 0 Å². The molecule has 1 aromatic heterocycles. The Hall–Kier alpha value is -1.77. The van der Waals surface area contributed by atoms with Gasteiger partial charge in [0.2, 0.25) is 5.95 Å². The molecule has 0 spiro atoms. The standard InChI is InChI=1S/C18H19Cl2F3N4O/c1-27(17(28)7-3-2-4-8-17)15-12(18(21,22)23)10-24-16(26-15)25-11-5-6-13(19)14(20)9-11/h5-6,9-10,28H,2-4,7-8H2,1H3,(H,24,25,26). The highest BCUT2D eigenvalue weighted by molar-refractivity contribution is 6.42. The van der Waals surface area contributed by atoms with Crippen LogP contribution in [0, 0.1) is 0 Å². The van der Waals surface area contributed by atoms with Crippen molar-refractivity contribution < 1.29 is 18.3 Å². The molecule has 1 aliphatic rings. The number of rotatable bonds is 4. The molecule has 1 fully saturated rings. The summed E-state index contributed by atoms with van der Waals surface area (Å²) in [6, 6.07) is 4.67. The number of aromatic nitrogens is 2. The number of nitrogens with one attached hydrogen (secondary N) is 1. The first-order valence-corrected chi connectivity index (χ1v) is 9.48. The van der Waals surface area contributed by atoms with Crippen LogP contribution < -0.4 is 10.2 Å². The van der Waals surface area contributed by atoms with Crippen LogP contribution in [0.15, 0.2) is 24.4 Å². The van der Waals surface area contributed by atoms with E-state index in [-0.39, 0.29) is 16.8 Å². The fraction of sp³-hybridized carbons (Fsp3) is 0.444. The quantitative estimate of drug-likeness (QED) is 0.610. The molecule has 1 aromatic carbocycles. The zero-order valence-corrected chi connectivity index (χ0v) is 16.5. The van der Waals surface area contributed by atoms with E-state index in [0.717, 1.165) is 19.3 Å². The van der Waals surface area contributed by atoms with Crippen molar-refractivity contribution in [3.8, 4) is 0 Å². The van der Waals surface area contributed by atoms with E-state index in [1.165, 1.54) is 18.0 Å². The van der Waals surface area contributed by atoms with Gasteiger partial charge in [-0.1, -0.05) is 29.6 Å². The lowest BCUT2D eigenvalue weighted by molar-refractivity contribution is -0.137. The predicted octanol–water partition coefficient (Wildman–Crippen LogP) is 5.63. The molecular weight excluding hydrogens is 416 g/mol. The molecule has 0 radical (unpaired) electrons. The van der Waals surface area contributed by atoms with Gasteiger partial charge < -0.3 is 15.3 Å². The molecule has 0 atom stereocenters. The number of halogens is 5. The zero-order chi connectivity index (χ0) is 20.5. The third kappa shape index (κ3) is 4.45. The molecule has 0 aliphatic heterocycles. The van der Waals surface area contributed by atoms with E-state index >= 15 is 0 Å². The highest BCUT2D eigenvalue weighted by atomic mass is 35.5. The maximum atomic E-state index is 13.5. The third-order valence-corrected chi connectivity index (χ3v) is 5.59. The molecule has 3 rings (SSSR count). The smallest absolute Gasteiger partial charge is 0.371 e. The Balaban J connectivity index is 1.98. The molecule has 152 valence electrons. The summed E-state index contributed by atoms with van der Waals surface area (Å²) in [5.74, 6) is -0.429. The van der Waals surface area contributed by atoms with Crippen molar-refractivity contribution in [1.29, 1.82) is 0 Å². The molecular formula is C18H19Cl2F3N4O. The van der Waals surface area contributed by atoms with Gasteiger partial charge in [0.1, 0.15) is 17.1 Å². The van der Waals surface area contributed by atoms with Gasteiger partial charge in [0.15, 0.2) is 0 Å². The normalized spacial score (nSPS) is 16.7. The zero-order valence-electron chi connectivity index (χ0n) is 15.0. The summed E-state index contributed by atoms with van der Waals surface area (Å²) in [5.41, 5.74) is -1.92. The van der Waals surface area contributed by atoms with Crippen molar-refractivity contribution in [2.24, 2.45) is 0 Å². The molecule has 0 unspecified atom stereocenters. The molecule has 0 amide bonds. The van der Waals surface area contributed by atoms with E-state index in [9.17, 15) is 18.3 Å². The molecule has 10 heteroatoms. The summed E-state index contributed by atoms with van der Waals surface area (Å²) in [6.07, 6.45) is -0.776. The van der Waals surface area contributed by atoms with Gasteiger partial charge in [-0.3, -0.25) is 0 Å². The SMILES string of the molecule is CN(c1nc(Nc2ccc(Cl)c(Cl)c2)ncc1C(F)(F)F)C1(O)CCCCC1. The Morgan fingerprint density at radius 3 is 2.43 bits per heavy atom. The van der Waals surface area contributed by atoms with E-state index in [1.54, 1.807) is 12.1 Å². The first kappa shape index (κ1) is 21.0. The monoisotopic (exact) mass is 434 g/mol. The number of hydrogen-bond acceptors (Lipinski definition) is 5. The van der Waals surface area contributed by atoms with Crippen LogP contribution in [-0.4, -0.2) is 27.8 Å². The molecule has 0 saturated heterocycles. The van der Waals surface area contributed by atoms with Gasteiger partial charge >= 0.3 is 6.18 Å². The van der Waals surface area contributed by atoms with Crippen LogP contribution in [0.4, 0.5) is 30.6 Å². The molecule has 1 heterocycles. The lowest BCUT2D eigenvalue weighted by Gasteiger charge is -2.41. The van der Waals surface area contributed by atoms with Crippen LogP contribution in [0.3, 0.4) is 0 Å². The van der Waals surface area contributed by atoms with Gasteiger partial charge in [-0.25, -0.2) is 4.98 Å². The minimum atomic E-state index is -4.66. The molecule has 1 aliphatic carbocycles. The molecule has 1 saturated carbocycles. The molecule has 2 N–H and O–H groups in total. The molecule has 2 aromatic rings. The summed E-state index contributed by atoms with van der Waals surface area (Å²) in [4.78, 5) is 9.04. The van der Waals surface area contributed by atoms with Crippen molar-refractivity contribution in [2.45, 2.75) is 44.0 Å². The summed E-state index contributed by atoms with van der Waals surface area (Å²) in [7, 11) is 1.42. The Labute approximate surface area is 170 Å². The van der Waals surface area contributed by atoms with Crippen LogP contribution in [0.1, 0.15) is 37.7 Å². The fourth-order valence-electron chi connectivity index (χ4n) is 3.24. The van der Waals surface area contributed by atoms with E-state index in [0.29, 0.717) is 29.7 Å². The van der Waals surface area contributed by atoms with Crippen LogP contribution in [-0.2, 0) is 6.18 Å². The number of anilines is 3. The highest BCUT2D eigenvalue weighted by Gasteiger charge is 2.41. The van der Waals surface area contributed by atoms with Gasteiger partial charge in [-0.05, 0) is 43.9 Å². The summed E-state index contributed by atoms with van der Waals surface area (Å²) < 4.78 is 40.5. The first-order valence-electron chi connectivity index (χ1n) is 8.73. The average molecular weight is 435 g/mol. The molecule has 28 heavy (non-hydrogen) atoms. The maximum absolute atomic E-state index is 13.5. The van der Waals surface area contributed by atoms with Crippen LogP contribution >= 0.6 is 23.2 Å². The van der Waals surface area contributed by atoms with E-state index in [1.807, 2.05) is 0 Å². The topological polar surface area (TPSA) is 61.3 Å². The Kier molecular flexibility index (Phi) is 5.93. The van der Waals surface area contributed by atoms with Gasteiger partial charge in [0.05, 0.1) is 10.0 Å². The minimum Gasteiger partial charge on any atom is -0.371 e. The lowest BCUT2D eigenvalue weighted by Crippen LogP contribution is -2.49. The molecule has 5 nitrogen and oxygen atoms in total. The summed E-state index contributed by atoms with van der Waals surface area (Å²) in [5, 5.41) is 14.3. The van der Waals surface area contributed by atoms with Gasteiger partial charge in [-0.2, -0.15) is 18.2 Å². The average Bonchev–Trinajstić information content (AvgIpc) is 2.64. The van der Waals surface area contributed by atoms with E-state index in [4.69, 9.17) is 23.2 Å². The predicted molar refractivity (Wildman–Crippen MR) is 103 cm³/mol. The fourth-order valence-corrected chi connectivity index (χ4v) is 3.54. The van der Waals surface area contributed by atoms with Crippen LogP contribution in [0.5, 0.6) is 0 Å². The van der Waals surface area contributed by atoms with Crippen LogP contribution in [0.2, 0.25) is 10.0 Å². The van der Waals surface area contributed by atoms with Gasteiger partial charge in [-0.15, -0.1) is 0 Å². The van der Waals surface area contributed by atoms with Crippen molar-refractivity contribution in [1.82, 2.24) is 9.97 Å². The first-order chi connectivity index (χ1) is 13.1. The summed E-state index contributed by atoms with van der Waals surface area (Å²) in [6.45, 7) is 0. The number of nitrogens with zero attached hydrogens (tertiary/aromatic N) is 3. The minimum absolute atomic E-state index is 0.0485. The second-order valence-corrected chi connectivity index (χ2v) is 7.60. The van der Waals surface area contributed by atoms with Gasteiger partial charge in [0, 0.05) is 18.9 Å². The number of benzene rings is 1. The second-order valence-electron chi connectivity index (χ2n) is 6.78. The number of aliphatic hydroxyl groups is 1. The van der Waals surface area contributed by atoms with Crippen molar-refractivity contribution in [2.75, 3.05) is 17.3 Å². The van der Waals surface area contributed by atoms with Gasteiger partial charge in [0.25, 0.3) is 0 Å².